The highest BCUT2D eigenvalue weighted by molar-refractivity contribution is 5.91. The van der Waals surface area contributed by atoms with Gasteiger partial charge in [-0.2, -0.15) is 0 Å². The van der Waals surface area contributed by atoms with Crippen LogP contribution in [0, 0.1) is 6.92 Å². The van der Waals surface area contributed by atoms with Crippen molar-refractivity contribution in [2.24, 2.45) is 5.73 Å². The van der Waals surface area contributed by atoms with E-state index in [1.807, 2.05) is 26.0 Å². The van der Waals surface area contributed by atoms with E-state index in [9.17, 15) is 4.79 Å². The molecule has 0 aromatic heterocycles. The lowest BCUT2D eigenvalue weighted by atomic mass is 9.98. The Morgan fingerprint density at radius 1 is 1.50 bits per heavy atom. The summed E-state index contributed by atoms with van der Waals surface area (Å²) in [5.41, 5.74) is 8.24. The summed E-state index contributed by atoms with van der Waals surface area (Å²) in [6.07, 6.45) is 0. The zero-order chi connectivity index (χ0) is 10.7. The Hall–Kier alpha value is -1.35. The van der Waals surface area contributed by atoms with Crippen molar-refractivity contribution in [3.05, 3.63) is 34.9 Å². The predicted molar refractivity (Wildman–Crippen MR) is 55.1 cm³/mol. The summed E-state index contributed by atoms with van der Waals surface area (Å²) in [4.78, 5) is 11.3. The van der Waals surface area contributed by atoms with E-state index < -0.39 is 0 Å². The molecule has 0 aliphatic rings. The van der Waals surface area contributed by atoms with Gasteiger partial charge in [0.05, 0.1) is 12.7 Å². The van der Waals surface area contributed by atoms with Gasteiger partial charge in [-0.3, -0.25) is 0 Å². The van der Waals surface area contributed by atoms with Gasteiger partial charge in [-0.05, 0) is 31.0 Å². The maximum Gasteiger partial charge on any atom is 0.338 e. The van der Waals surface area contributed by atoms with E-state index in [4.69, 9.17) is 5.73 Å². The van der Waals surface area contributed by atoms with Crippen molar-refractivity contribution in [3.63, 3.8) is 0 Å². The number of rotatable bonds is 2. The van der Waals surface area contributed by atoms with Crippen LogP contribution in [0.2, 0.25) is 0 Å². The second-order valence-electron chi connectivity index (χ2n) is 3.30. The van der Waals surface area contributed by atoms with Gasteiger partial charge in [0.1, 0.15) is 0 Å². The van der Waals surface area contributed by atoms with E-state index >= 15 is 0 Å². The molecule has 0 amide bonds. The van der Waals surface area contributed by atoms with E-state index in [2.05, 4.69) is 4.74 Å². The Morgan fingerprint density at radius 3 is 2.64 bits per heavy atom. The average molecular weight is 193 g/mol. The summed E-state index contributed by atoms with van der Waals surface area (Å²) in [6.45, 7) is 3.77. The smallest absolute Gasteiger partial charge is 0.338 e. The molecule has 0 heterocycles. The molecule has 0 fully saturated rings. The Morgan fingerprint density at radius 2 is 2.14 bits per heavy atom. The number of carbonyl (C=O) groups excluding carboxylic acids is 1. The molecule has 76 valence electrons. The Bertz CT molecular complexity index is 345. The molecule has 0 bridgehead atoms. The zero-order valence-corrected chi connectivity index (χ0v) is 8.70. The van der Waals surface area contributed by atoms with Crippen molar-refractivity contribution in [2.75, 3.05) is 7.11 Å². The molecule has 0 saturated carbocycles. The second-order valence-corrected chi connectivity index (χ2v) is 3.30. The van der Waals surface area contributed by atoms with Gasteiger partial charge < -0.3 is 10.5 Å². The Kier molecular flexibility index (Phi) is 3.25. The molecule has 0 aliphatic heterocycles. The van der Waals surface area contributed by atoms with Crippen LogP contribution < -0.4 is 5.73 Å². The average Bonchev–Trinajstić information content (AvgIpc) is 2.16. The standard InChI is InChI=1S/C11H15NO2/c1-7-9(8(2)12)5-4-6-10(7)11(13)14-3/h4-6,8H,12H2,1-3H3/t8-/m0/s1. The molecule has 14 heavy (non-hydrogen) atoms. The maximum atomic E-state index is 11.3. The molecule has 0 aliphatic carbocycles. The first-order chi connectivity index (χ1) is 6.57. The lowest BCUT2D eigenvalue weighted by Crippen LogP contribution is -2.11. The number of methoxy groups -OCH3 is 1. The Labute approximate surface area is 83.9 Å². The van der Waals surface area contributed by atoms with Gasteiger partial charge in [-0.15, -0.1) is 0 Å². The van der Waals surface area contributed by atoms with Gasteiger partial charge in [0.15, 0.2) is 0 Å². The summed E-state index contributed by atoms with van der Waals surface area (Å²) in [6, 6.07) is 5.41. The summed E-state index contributed by atoms with van der Waals surface area (Å²) < 4.78 is 4.67. The van der Waals surface area contributed by atoms with Crippen LogP contribution in [-0.4, -0.2) is 13.1 Å². The van der Waals surface area contributed by atoms with Crippen molar-refractivity contribution in [1.29, 1.82) is 0 Å². The number of hydrogen-bond donors (Lipinski definition) is 1. The molecular formula is C11H15NO2. The van der Waals surface area contributed by atoms with Gasteiger partial charge in [0, 0.05) is 6.04 Å². The van der Waals surface area contributed by atoms with Gasteiger partial charge >= 0.3 is 5.97 Å². The molecule has 0 saturated heterocycles. The molecule has 0 spiro atoms. The highest BCUT2D eigenvalue weighted by atomic mass is 16.5. The van der Waals surface area contributed by atoms with Gasteiger partial charge in [0.25, 0.3) is 0 Å². The van der Waals surface area contributed by atoms with E-state index in [1.165, 1.54) is 7.11 Å². The number of carbonyl (C=O) groups is 1. The molecule has 2 N–H and O–H groups in total. The van der Waals surface area contributed by atoms with Gasteiger partial charge in [-0.1, -0.05) is 12.1 Å². The first kappa shape index (κ1) is 10.7. The van der Waals surface area contributed by atoms with Gasteiger partial charge in [-0.25, -0.2) is 4.79 Å². The molecule has 1 atom stereocenters. The number of ether oxygens (including phenoxy) is 1. The third-order valence-electron chi connectivity index (χ3n) is 2.27. The molecule has 1 aromatic carbocycles. The molecular weight excluding hydrogens is 178 g/mol. The molecule has 1 rings (SSSR count). The van der Waals surface area contributed by atoms with Crippen molar-refractivity contribution in [2.45, 2.75) is 19.9 Å². The van der Waals surface area contributed by atoms with E-state index in [-0.39, 0.29) is 12.0 Å². The molecule has 1 aromatic rings. The SMILES string of the molecule is COC(=O)c1cccc([C@H](C)N)c1C. The topological polar surface area (TPSA) is 52.3 Å². The summed E-state index contributed by atoms with van der Waals surface area (Å²) in [7, 11) is 1.38. The first-order valence-corrected chi connectivity index (χ1v) is 4.51. The van der Waals surface area contributed by atoms with Crippen molar-refractivity contribution >= 4 is 5.97 Å². The molecule has 3 heteroatoms. The van der Waals surface area contributed by atoms with Crippen molar-refractivity contribution in [3.8, 4) is 0 Å². The largest absolute Gasteiger partial charge is 0.465 e. The quantitative estimate of drug-likeness (QED) is 0.729. The van der Waals surface area contributed by atoms with E-state index in [0.717, 1.165) is 11.1 Å². The van der Waals surface area contributed by atoms with E-state index in [1.54, 1.807) is 6.07 Å². The fourth-order valence-corrected chi connectivity index (χ4v) is 1.48. The van der Waals surface area contributed by atoms with Crippen molar-refractivity contribution < 1.29 is 9.53 Å². The second kappa shape index (κ2) is 4.24. The van der Waals surface area contributed by atoms with E-state index in [0.29, 0.717) is 5.56 Å². The predicted octanol–water partition coefficient (Wildman–Crippen LogP) is 1.80. The molecule has 3 nitrogen and oxygen atoms in total. The third kappa shape index (κ3) is 1.93. The number of hydrogen-bond acceptors (Lipinski definition) is 3. The number of benzene rings is 1. The fourth-order valence-electron chi connectivity index (χ4n) is 1.48. The minimum atomic E-state index is -0.315. The zero-order valence-electron chi connectivity index (χ0n) is 8.70. The van der Waals surface area contributed by atoms with Crippen LogP contribution in [0.5, 0.6) is 0 Å². The Balaban J connectivity index is 3.20. The summed E-state index contributed by atoms with van der Waals surface area (Å²) in [5, 5.41) is 0. The highest BCUT2D eigenvalue weighted by Gasteiger charge is 2.12. The fraction of sp³-hybridized carbons (Fsp3) is 0.364. The molecule has 0 radical (unpaired) electrons. The highest BCUT2D eigenvalue weighted by Crippen LogP contribution is 2.19. The summed E-state index contributed by atoms with van der Waals surface area (Å²) in [5.74, 6) is -0.315. The normalized spacial score (nSPS) is 12.3. The maximum absolute atomic E-state index is 11.3. The summed E-state index contributed by atoms with van der Waals surface area (Å²) >= 11 is 0. The van der Waals surface area contributed by atoms with Crippen LogP contribution in [0.15, 0.2) is 18.2 Å². The lowest BCUT2D eigenvalue weighted by Gasteiger charge is -2.12. The number of esters is 1. The van der Waals surface area contributed by atoms with Crippen molar-refractivity contribution in [1.82, 2.24) is 0 Å². The van der Waals surface area contributed by atoms with Crippen LogP contribution >= 0.6 is 0 Å². The van der Waals surface area contributed by atoms with Gasteiger partial charge in [0.2, 0.25) is 0 Å². The minimum Gasteiger partial charge on any atom is -0.465 e. The van der Waals surface area contributed by atoms with Crippen LogP contribution in [-0.2, 0) is 4.74 Å². The minimum absolute atomic E-state index is 0.0698. The first-order valence-electron chi connectivity index (χ1n) is 4.51. The monoisotopic (exact) mass is 193 g/mol. The third-order valence-corrected chi connectivity index (χ3v) is 2.27. The lowest BCUT2D eigenvalue weighted by molar-refractivity contribution is 0.0600. The molecule has 0 unspecified atom stereocenters. The van der Waals surface area contributed by atoms with Crippen LogP contribution in [0.3, 0.4) is 0 Å². The van der Waals surface area contributed by atoms with Crippen LogP contribution in [0.4, 0.5) is 0 Å². The van der Waals surface area contributed by atoms with Crippen LogP contribution in [0.1, 0.15) is 34.5 Å². The number of nitrogens with two attached hydrogens (primary N) is 1. The van der Waals surface area contributed by atoms with Crippen LogP contribution in [0.25, 0.3) is 0 Å².